The van der Waals surface area contributed by atoms with Gasteiger partial charge in [0.1, 0.15) is 11.5 Å². The summed E-state index contributed by atoms with van der Waals surface area (Å²) in [5, 5.41) is 6.09. The molecule has 32 heavy (non-hydrogen) atoms. The smallest absolute Gasteiger partial charge is 0.329 e. The molecule has 0 aromatic heterocycles. The molecule has 2 aromatic carbocycles. The highest BCUT2D eigenvalue weighted by molar-refractivity contribution is 7.80. The molecule has 0 aliphatic heterocycles. The zero-order valence-electron chi connectivity index (χ0n) is 17.5. The van der Waals surface area contributed by atoms with Crippen LogP contribution in [0.2, 0.25) is 0 Å². The Bertz CT molecular complexity index is 861. The topological polar surface area (TPSA) is 125 Å². The normalized spacial score (nSPS) is 9.69. The number of hydrazine groups is 2. The molecule has 10 nitrogen and oxygen atoms in total. The van der Waals surface area contributed by atoms with Crippen molar-refractivity contribution >= 4 is 46.5 Å². The van der Waals surface area contributed by atoms with E-state index in [1.807, 2.05) is 48.5 Å². The minimum Gasteiger partial charge on any atom is -0.497 e. The molecule has 0 unspecified atom stereocenters. The quantitative estimate of drug-likeness (QED) is 0.198. The Kier molecular flexibility index (Phi) is 9.94. The molecule has 0 atom stereocenters. The summed E-state index contributed by atoms with van der Waals surface area (Å²) in [6.07, 6.45) is 0. The second kappa shape index (κ2) is 12.9. The van der Waals surface area contributed by atoms with Gasteiger partial charge >= 0.3 is 11.8 Å². The van der Waals surface area contributed by atoms with Gasteiger partial charge in [0.15, 0.2) is 10.2 Å². The zero-order chi connectivity index (χ0) is 23.3. The summed E-state index contributed by atoms with van der Waals surface area (Å²) in [4.78, 5) is 23.7. The number of methoxy groups -OCH3 is 2. The number of hydrogen-bond acceptors (Lipinski definition) is 6. The molecule has 2 rings (SSSR count). The fourth-order valence-corrected chi connectivity index (χ4v) is 2.53. The average molecular weight is 477 g/mol. The first kappa shape index (κ1) is 24.6. The van der Waals surface area contributed by atoms with Gasteiger partial charge in [-0.3, -0.25) is 31.3 Å². The Morgan fingerprint density at radius 2 is 1.00 bits per heavy atom. The summed E-state index contributed by atoms with van der Waals surface area (Å²) in [5.74, 6) is -0.415. The molecule has 0 saturated heterocycles. The second-order valence-electron chi connectivity index (χ2n) is 6.22. The summed E-state index contributed by atoms with van der Waals surface area (Å²) in [5.41, 5.74) is 11.2. The number of thiocarbonyl (C=S) groups is 2. The van der Waals surface area contributed by atoms with Crippen molar-refractivity contribution in [2.75, 3.05) is 14.2 Å². The number of benzene rings is 2. The largest absolute Gasteiger partial charge is 0.497 e. The maximum absolute atomic E-state index is 11.8. The molecule has 0 saturated carbocycles. The maximum atomic E-state index is 11.8. The number of nitrogens with one attached hydrogen (secondary N) is 6. The van der Waals surface area contributed by atoms with Crippen LogP contribution in [-0.4, -0.2) is 36.3 Å². The predicted molar refractivity (Wildman–Crippen MR) is 127 cm³/mol. The van der Waals surface area contributed by atoms with Gasteiger partial charge in [0.2, 0.25) is 0 Å². The third kappa shape index (κ3) is 8.62. The van der Waals surface area contributed by atoms with Crippen molar-refractivity contribution in [3.63, 3.8) is 0 Å². The SMILES string of the molecule is COc1ccc(CNC(=S)NNC(=O)C(=O)NNC(=S)NCc2ccc(OC)cc2)cc1. The number of carbonyl (C=O) groups excluding carboxylic acids is 2. The van der Waals surface area contributed by atoms with E-state index in [2.05, 4.69) is 32.3 Å². The minimum atomic E-state index is -0.955. The molecule has 2 amide bonds. The van der Waals surface area contributed by atoms with Gasteiger partial charge in [-0.2, -0.15) is 0 Å². The molecule has 12 heteroatoms. The van der Waals surface area contributed by atoms with Crippen molar-refractivity contribution in [3.8, 4) is 11.5 Å². The molecule has 0 aliphatic rings. The molecule has 6 N–H and O–H groups in total. The summed E-state index contributed by atoms with van der Waals surface area (Å²) >= 11 is 10.1. The third-order valence-corrected chi connectivity index (χ3v) is 4.50. The molecule has 0 bridgehead atoms. The van der Waals surface area contributed by atoms with Crippen LogP contribution in [-0.2, 0) is 22.7 Å². The van der Waals surface area contributed by atoms with E-state index in [1.54, 1.807) is 14.2 Å². The fraction of sp³-hybridized carbons (Fsp3) is 0.200. The van der Waals surface area contributed by atoms with E-state index in [0.29, 0.717) is 13.1 Å². The highest BCUT2D eigenvalue weighted by Gasteiger charge is 2.13. The minimum absolute atomic E-state index is 0.145. The van der Waals surface area contributed by atoms with Gasteiger partial charge in [0.25, 0.3) is 0 Å². The zero-order valence-corrected chi connectivity index (χ0v) is 19.1. The van der Waals surface area contributed by atoms with Crippen LogP contribution >= 0.6 is 24.4 Å². The van der Waals surface area contributed by atoms with Crippen LogP contribution in [0, 0.1) is 0 Å². The first-order valence-electron chi connectivity index (χ1n) is 9.35. The first-order valence-corrected chi connectivity index (χ1v) is 10.2. The van der Waals surface area contributed by atoms with Gasteiger partial charge in [0.05, 0.1) is 14.2 Å². The lowest BCUT2D eigenvalue weighted by Gasteiger charge is -2.13. The lowest BCUT2D eigenvalue weighted by molar-refractivity contribution is -0.139. The van der Waals surface area contributed by atoms with Gasteiger partial charge in [-0.25, -0.2) is 0 Å². The van der Waals surface area contributed by atoms with E-state index in [0.717, 1.165) is 22.6 Å². The molecule has 2 aromatic rings. The Balaban J connectivity index is 1.62. The maximum Gasteiger partial charge on any atom is 0.329 e. The van der Waals surface area contributed by atoms with E-state index in [-0.39, 0.29) is 10.2 Å². The van der Waals surface area contributed by atoms with Crippen LogP contribution in [0.25, 0.3) is 0 Å². The Hall–Kier alpha value is -3.64. The van der Waals surface area contributed by atoms with Crippen molar-refractivity contribution < 1.29 is 19.1 Å². The van der Waals surface area contributed by atoms with Crippen LogP contribution < -0.4 is 41.8 Å². The Labute approximate surface area is 196 Å². The average Bonchev–Trinajstić information content (AvgIpc) is 2.83. The molecule has 0 spiro atoms. The molecule has 0 radical (unpaired) electrons. The molecule has 0 aliphatic carbocycles. The monoisotopic (exact) mass is 476 g/mol. The number of amides is 2. The molecule has 170 valence electrons. The third-order valence-electron chi connectivity index (χ3n) is 4.01. The summed E-state index contributed by atoms with van der Waals surface area (Å²) < 4.78 is 10.2. The number of hydrogen-bond donors (Lipinski definition) is 6. The standard InChI is InChI=1S/C20H24N6O4S2/c1-29-15-7-3-13(4-8-15)11-21-19(31)25-23-17(27)18(28)24-26-20(32)22-12-14-5-9-16(30-2)10-6-14/h3-10H,11-12H2,1-2H3,(H,23,27)(H,24,28)(H2,21,25,31)(H2,22,26,32). The fourth-order valence-electron chi connectivity index (χ4n) is 2.28. The van der Waals surface area contributed by atoms with Crippen LogP contribution in [0.15, 0.2) is 48.5 Å². The number of carbonyl (C=O) groups is 2. The summed E-state index contributed by atoms with van der Waals surface area (Å²) in [7, 11) is 3.18. The van der Waals surface area contributed by atoms with Gasteiger partial charge < -0.3 is 20.1 Å². The molecular weight excluding hydrogens is 452 g/mol. The Morgan fingerprint density at radius 1 is 0.656 bits per heavy atom. The van der Waals surface area contributed by atoms with Crippen molar-refractivity contribution in [1.29, 1.82) is 0 Å². The number of rotatable bonds is 6. The predicted octanol–water partition coefficient (Wildman–Crippen LogP) is 0.395. The first-order chi connectivity index (χ1) is 15.4. The molecule has 0 heterocycles. The van der Waals surface area contributed by atoms with Crippen molar-refractivity contribution in [1.82, 2.24) is 32.3 Å². The second-order valence-corrected chi connectivity index (χ2v) is 7.04. The summed E-state index contributed by atoms with van der Waals surface area (Å²) in [6.45, 7) is 0.848. The lowest BCUT2D eigenvalue weighted by atomic mass is 10.2. The van der Waals surface area contributed by atoms with Gasteiger partial charge in [-0.15, -0.1) is 0 Å². The van der Waals surface area contributed by atoms with Crippen LogP contribution in [0.1, 0.15) is 11.1 Å². The van der Waals surface area contributed by atoms with E-state index in [9.17, 15) is 9.59 Å². The van der Waals surface area contributed by atoms with Crippen molar-refractivity contribution in [3.05, 3.63) is 59.7 Å². The van der Waals surface area contributed by atoms with Crippen LogP contribution in [0.4, 0.5) is 0 Å². The summed E-state index contributed by atoms with van der Waals surface area (Å²) in [6, 6.07) is 14.8. The van der Waals surface area contributed by atoms with Gasteiger partial charge in [-0.05, 0) is 59.8 Å². The highest BCUT2D eigenvalue weighted by Crippen LogP contribution is 2.11. The van der Waals surface area contributed by atoms with E-state index in [4.69, 9.17) is 33.9 Å². The lowest BCUT2D eigenvalue weighted by Crippen LogP contribution is -2.55. The van der Waals surface area contributed by atoms with Crippen molar-refractivity contribution in [2.45, 2.75) is 13.1 Å². The molecular formula is C20H24N6O4S2. The highest BCUT2D eigenvalue weighted by atomic mass is 32.1. The van der Waals surface area contributed by atoms with E-state index in [1.165, 1.54) is 0 Å². The van der Waals surface area contributed by atoms with E-state index < -0.39 is 11.8 Å². The van der Waals surface area contributed by atoms with Crippen LogP contribution in [0.3, 0.4) is 0 Å². The van der Waals surface area contributed by atoms with Gasteiger partial charge in [0, 0.05) is 13.1 Å². The van der Waals surface area contributed by atoms with Crippen LogP contribution in [0.5, 0.6) is 11.5 Å². The van der Waals surface area contributed by atoms with Crippen molar-refractivity contribution in [2.24, 2.45) is 0 Å². The Morgan fingerprint density at radius 3 is 1.31 bits per heavy atom. The number of ether oxygens (including phenoxy) is 2. The van der Waals surface area contributed by atoms with E-state index >= 15 is 0 Å². The molecule has 0 fully saturated rings. The van der Waals surface area contributed by atoms with Gasteiger partial charge in [-0.1, -0.05) is 24.3 Å².